The molecule has 0 spiro atoms. The van der Waals surface area contributed by atoms with Crippen LogP contribution >= 0.6 is 0 Å². The van der Waals surface area contributed by atoms with Crippen molar-refractivity contribution in [3.05, 3.63) is 29.8 Å². The van der Waals surface area contributed by atoms with E-state index in [2.05, 4.69) is 5.32 Å². The normalized spacial score (nSPS) is 27.1. The van der Waals surface area contributed by atoms with Gasteiger partial charge in [0.15, 0.2) is 0 Å². The van der Waals surface area contributed by atoms with Crippen molar-refractivity contribution in [2.24, 2.45) is 23.5 Å². The van der Waals surface area contributed by atoms with Crippen LogP contribution in [-0.2, 0) is 9.59 Å². The van der Waals surface area contributed by atoms with Crippen LogP contribution in [0.25, 0.3) is 0 Å². The second-order valence-corrected chi connectivity index (χ2v) is 8.32. The Bertz CT molecular complexity index is 661. The Hall–Kier alpha value is -1.88. The van der Waals surface area contributed by atoms with E-state index in [0.29, 0.717) is 18.4 Å². The van der Waals surface area contributed by atoms with Gasteiger partial charge in [0, 0.05) is 24.2 Å². The van der Waals surface area contributed by atoms with E-state index in [1.807, 2.05) is 38.1 Å². The summed E-state index contributed by atoms with van der Waals surface area (Å²) in [6.07, 6.45) is 6.14. The van der Waals surface area contributed by atoms with Gasteiger partial charge in [-0.1, -0.05) is 31.5 Å². The van der Waals surface area contributed by atoms with Crippen molar-refractivity contribution in [2.45, 2.75) is 58.4 Å². The standard InChI is InChI=1S/C22H33N3O2/c1-3-11-25(14-20(26)24-19-10-5-4-7-15(19)2)22(27)18-12-16-8-6-9-17(13-18)21(16)23/h4-5,7,10,16-18,21H,3,6,8-9,11-14,23H2,1-2H3,(H,24,26). The van der Waals surface area contributed by atoms with Crippen molar-refractivity contribution in [3.8, 4) is 0 Å². The number of carbonyl (C=O) groups is 2. The molecule has 2 unspecified atom stereocenters. The molecule has 2 amide bonds. The van der Waals surface area contributed by atoms with Crippen LogP contribution in [0.2, 0.25) is 0 Å². The van der Waals surface area contributed by atoms with Crippen LogP contribution in [0.5, 0.6) is 0 Å². The molecule has 0 radical (unpaired) electrons. The van der Waals surface area contributed by atoms with Gasteiger partial charge in [-0.2, -0.15) is 0 Å². The highest BCUT2D eigenvalue weighted by molar-refractivity contribution is 5.95. The number of amides is 2. The molecule has 1 aromatic carbocycles. The number of carbonyl (C=O) groups excluding carboxylic acids is 2. The molecule has 0 heterocycles. The van der Waals surface area contributed by atoms with Crippen LogP contribution in [0.15, 0.2) is 24.3 Å². The van der Waals surface area contributed by atoms with E-state index < -0.39 is 0 Å². The van der Waals surface area contributed by atoms with Crippen molar-refractivity contribution < 1.29 is 9.59 Å². The lowest BCUT2D eigenvalue weighted by Crippen LogP contribution is -2.50. The fourth-order valence-electron chi connectivity index (χ4n) is 4.86. The molecule has 3 rings (SSSR count). The number of rotatable bonds is 6. The minimum atomic E-state index is -0.126. The summed E-state index contributed by atoms with van der Waals surface area (Å²) >= 11 is 0. The number of benzene rings is 1. The van der Waals surface area contributed by atoms with E-state index in [1.165, 1.54) is 6.42 Å². The summed E-state index contributed by atoms with van der Waals surface area (Å²) in [5.41, 5.74) is 8.20. The van der Waals surface area contributed by atoms with Crippen molar-refractivity contribution in [1.29, 1.82) is 0 Å². The molecule has 5 nitrogen and oxygen atoms in total. The van der Waals surface area contributed by atoms with Crippen LogP contribution in [0.3, 0.4) is 0 Å². The molecule has 0 aromatic heterocycles. The predicted octanol–water partition coefficient (Wildman–Crippen LogP) is 3.33. The molecule has 1 aromatic rings. The van der Waals surface area contributed by atoms with Crippen LogP contribution in [0.1, 0.15) is 51.0 Å². The maximum Gasteiger partial charge on any atom is 0.244 e. The summed E-state index contributed by atoms with van der Waals surface area (Å²) in [4.78, 5) is 27.5. The van der Waals surface area contributed by atoms with Crippen molar-refractivity contribution in [3.63, 3.8) is 0 Å². The Morgan fingerprint density at radius 2 is 1.85 bits per heavy atom. The third-order valence-electron chi connectivity index (χ3n) is 6.32. The number of para-hydroxylation sites is 1. The minimum absolute atomic E-state index is 0.0258. The molecule has 2 fully saturated rings. The Kier molecular flexibility index (Phi) is 6.53. The van der Waals surface area contributed by atoms with Gasteiger partial charge in [-0.3, -0.25) is 9.59 Å². The fourth-order valence-corrected chi connectivity index (χ4v) is 4.86. The van der Waals surface area contributed by atoms with Gasteiger partial charge >= 0.3 is 0 Å². The third-order valence-corrected chi connectivity index (χ3v) is 6.32. The molecule has 3 N–H and O–H groups in total. The second-order valence-electron chi connectivity index (χ2n) is 8.32. The smallest absolute Gasteiger partial charge is 0.244 e. The first-order valence-corrected chi connectivity index (χ1v) is 10.4. The number of hydrogen-bond acceptors (Lipinski definition) is 3. The number of nitrogens with one attached hydrogen (secondary N) is 1. The van der Waals surface area contributed by atoms with Gasteiger partial charge in [-0.15, -0.1) is 0 Å². The molecule has 2 saturated carbocycles. The zero-order valence-electron chi connectivity index (χ0n) is 16.6. The summed E-state index contributed by atoms with van der Waals surface area (Å²) < 4.78 is 0. The summed E-state index contributed by atoms with van der Waals surface area (Å²) in [7, 11) is 0. The topological polar surface area (TPSA) is 75.4 Å². The van der Waals surface area contributed by atoms with Gasteiger partial charge < -0.3 is 16.0 Å². The van der Waals surface area contributed by atoms with Crippen LogP contribution in [0, 0.1) is 24.7 Å². The first-order chi connectivity index (χ1) is 13.0. The third kappa shape index (κ3) is 4.70. The summed E-state index contributed by atoms with van der Waals surface area (Å²) in [5.74, 6) is 0.976. The average molecular weight is 372 g/mol. The van der Waals surface area contributed by atoms with E-state index in [1.54, 1.807) is 4.90 Å². The van der Waals surface area contributed by atoms with E-state index in [9.17, 15) is 9.59 Å². The number of aryl methyl sites for hydroxylation is 1. The first-order valence-electron chi connectivity index (χ1n) is 10.4. The average Bonchev–Trinajstić information content (AvgIpc) is 2.62. The van der Waals surface area contributed by atoms with Crippen LogP contribution < -0.4 is 11.1 Å². The van der Waals surface area contributed by atoms with Gasteiger partial charge in [0.25, 0.3) is 0 Å². The Labute approximate surface area is 162 Å². The molecule has 2 aliphatic rings. The summed E-state index contributed by atoms with van der Waals surface area (Å²) in [6, 6.07) is 7.97. The van der Waals surface area contributed by atoms with E-state index in [-0.39, 0.29) is 30.3 Å². The van der Waals surface area contributed by atoms with Crippen LogP contribution in [-0.4, -0.2) is 35.8 Å². The van der Waals surface area contributed by atoms with Gasteiger partial charge in [-0.25, -0.2) is 0 Å². The Balaban J connectivity index is 1.63. The summed E-state index contributed by atoms with van der Waals surface area (Å²) in [5, 5.41) is 2.95. The van der Waals surface area contributed by atoms with Crippen molar-refractivity contribution >= 4 is 17.5 Å². The number of nitrogens with zero attached hydrogens (tertiary/aromatic N) is 1. The molecular formula is C22H33N3O2. The van der Waals surface area contributed by atoms with Crippen molar-refractivity contribution in [1.82, 2.24) is 4.90 Å². The van der Waals surface area contributed by atoms with Crippen molar-refractivity contribution in [2.75, 3.05) is 18.4 Å². The van der Waals surface area contributed by atoms with Crippen LogP contribution in [0.4, 0.5) is 5.69 Å². The highest BCUT2D eigenvalue weighted by Gasteiger charge is 2.41. The van der Waals surface area contributed by atoms with Gasteiger partial charge in [0.2, 0.25) is 11.8 Å². The maximum absolute atomic E-state index is 13.2. The number of fused-ring (bicyclic) bond motifs is 2. The highest BCUT2D eigenvalue weighted by Crippen LogP contribution is 2.42. The lowest BCUT2D eigenvalue weighted by molar-refractivity contribution is -0.141. The SMILES string of the molecule is CCCN(CC(=O)Nc1ccccc1C)C(=O)C1CC2CCCC(C1)C2N. The molecule has 0 aliphatic heterocycles. The molecule has 27 heavy (non-hydrogen) atoms. The molecule has 0 saturated heterocycles. The Morgan fingerprint density at radius 3 is 2.48 bits per heavy atom. The molecule has 2 bridgehead atoms. The number of nitrogens with two attached hydrogens (primary N) is 1. The first kappa shape index (κ1) is 19.9. The largest absolute Gasteiger partial charge is 0.333 e. The highest BCUT2D eigenvalue weighted by atomic mass is 16.2. The number of anilines is 1. The fraction of sp³-hybridized carbons (Fsp3) is 0.636. The summed E-state index contributed by atoms with van der Waals surface area (Å²) in [6.45, 7) is 4.76. The monoisotopic (exact) mass is 371 g/mol. The zero-order chi connectivity index (χ0) is 19.4. The Morgan fingerprint density at radius 1 is 1.19 bits per heavy atom. The second kappa shape index (κ2) is 8.87. The lowest BCUT2D eigenvalue weighted by Gasteiger charge is -2.44. The predicted molar refractivity (Wildman–Crippen MR) is 108 cm³/mol. The quantitative estimate of drug-likeness (QED) is 0.805. The minimum Gasteiger partial charge on any atom is -0.333 e. The van der Waals surface area contributed by atoms with Gasteiger partial charge in [-0.05, 0) is 62.5 Å². The van der Waals surface area contributed by atoms with Gasteiger partial charge in [0.1, 0.15) is 0 Å². The molecule has 2 atom stereocenters. The van der Waals surface area contributed by atoms with Gasteiger partial charge in [0.05, 0.1) is 6.54 Å². The maximum atomic E-state index is 13.2. The molecular weight excluding hydrogens is 338 g/mol. The molecule has 2 aliphatic carbocycles. The zero-order valence-corrected chi connectivity index (χ0v) is 16.6. The lowest BCUT2D eigenvalue weighted by atomic mass is 9.65. The van der Waals surface area contributed by atoms with E-state index in [4.69, 9.17) is 5.73 Å². The number of hydrogen-bond donors (Lipinski definition) is 2. The molecule has 148 valence electrons. The van der Waals surface area contributed by atoms with E-state index >= 15 is 0 Å². The van der Waals surface area contributed by atoms with E-state index in [0.717, 1.165) is 43.4 Å². The molecule has 5 heteroatoms.